The molecule has 0 bridgehead atoms. The summed E-state index contributed by atoms with van der Waals surface area (Å²) in [4.78, 5) is 1.93. The van der Waals surface area contributed by atoms with E-state index in [1.807, 2.05) is 18.7 Å². The number of hydrogen-bond acceptors (Lipinski definition) is 1. The molecule has 2 atom stereocenters. The molecule has 2 unspecified atom stereocenters. The van der Waals surface area contributed by atoms with Gasteiger partial charge in [0, 0.05) is 19.0 Å². The molecule has 76 valence electrons. The number of hydrogen-bond donors (Lipinski definition) is 0. The van der Waals surface area contributed by atoms with E-state index in [0.29, 0.717) is 11.8 Å². The average Bonchev–Trinajstić information content (AvgIpc) is 2.62. The van der Waals surface area contributed by atoms with Gasteiger partial charge in [0.15, 0.2) is 0 Å². The minimum absolute atomic E-state index is 0.0301. The molecule has 0 spiro atoms. The van der Waals surface area contributed by atoms with Crippen LogP contribution in [0.25, 0.3) is 0 Å². The Bertz CT molecular complexity index is 203. The number of halogens is 2. The first-order valence-corrected chi connectivity index (χ1v) is 5.10. The van der Waals surface area contributed by atoms with Crippen molar-refractivity contribution in [1.82, 2.24) is 4.90 Å². The zero-order valence-electron chi connectivity index (χ0n) is 8.26. The maximum Gasteiger partial charge on any atom is 0.260 e. The summed E-state index contributed by atoms with van der Waals surface area (Å²) in [6, 6.07) is 0.255. The monoisotopic (exact) mass is 189 g/mol. The summed E-state index contributed by atoms with van der Waals surface area (Å²) in [5, 5.41) is 0. The largest absolute Gasteiger partial charge is 0.295 e. The number of rotatable bonds is 1. The molecule has 1 saturated carbocycles. The Hall–Kier alpha value is -0.180. The van der Waals surface area contributed by atoms with Crippen LogP contribution in [0.5, 0.6) is 0 Å². The lowest BCUT2D eigenvalue weighted by Gasteiger charge is -2.28. The molecule has 0 aromatic rings. The fourth-order valence-corrected chi connectivity index (χ4v) is 2.29. The topological polar surface area (TPSA) is 3.24 Å². The van der Waals surface area contributed by atoms with E-state index < -0.39 is 5.92 Å². The van der Waals surface area contributed by atoms with E-state index in [-0.39, 0.29) is 19.0 Å². The van der Waals surface area contributed by atoms with Gasteiger partial charge in [0.2, 0.25) is 0 Å². The third-order valence-electron chi connectivity index (χ3n) is 3.26. The van der Waals surface area contributed by atoms with Crippen LogP contribution in [0.15, 0.2) is 0 Å². The first-order valence-electron chi connectivity index (χ1n) is 5.10. The second-order valence-electron chi connectivity index (χ2n) is 4.84. The Morgan fingerprint density at radius 1 is 1.31 bits per heavy atom. The predicted octanol–water partition coefficient (Wildman–Crippen LogP) is 2.37. The number of fused-ring (bicyclic) bond motifs is 1. The van der Waals surface area contributed by atoms with Gasteiger partial charge in [-0.15, -0.1) is 0 Å². The fourth-order valence-electron chi connectivity index (χ4n) is 2.29. The van der Waals surface area contributed by atoms with Gasteiger partial charge >= 0.3 is 0 Å². The van der Waals surface area contributed by atoms with E-state index in [4.69, 9.17) is 0 Å². The second-order valence-corrected chi connectivity index (χ2v) is 4.84. The predicted molar refractivity (Wildman–Crippen MR) is 47.9 cm³/mol. The van der Waals surface area contributed by atoms with Crippen LogP contribution in [-0.4, -0.2) is 30.0 Å². The van der Waals surface area contributed by atoms with Gasteiger partial charge in [-0.05, 0) is 32.1 Å². The Labute approximate surface area is 78.1 Å². The minimum atomic E-state index is -2.44. The summed E-state index contributed by atoms with van der Waals surface area (Å²) in [5.41, 5.74) is 0. The van der Waals surface area contributed by atoms with Crippen LogP contribution in [0, 0.1) is 11.8 Å². The van der Waals surface area contributed by atoms with Crippen LogP contribution < -0.4 is 0 Å². The quantitative estimate of drug-likeness (QED) is 0.612. The first kappa shape index (κ1) is 9.38. The Balaban J connectivity index is 2.05. The minimum Gasteiger partial charge on any atom is -0.295 e. The molecule has 1 heterocycles. The van der Waals surface area contributed by atoms with Crippen molar-refractivity contribution in [3.05, 3.63) is 0 Å². The van der Waals surface area contributed by atoms with Crippen molar-refractivity contribution in [3.8, 4) is 0 Å². The Kier molecular flexibility index (Phi) is 2.10. The zero-order valence-corrected chi connectivity index (χ0v) is 8.26. The van der Waals surface area contributed by atoms with Crippen molar-refractivity contribution in [3.63, 3.8) is 0 Å². The van der Waals surface area contributed by atoms with E-state index in [9.17, 15) is 8.78 Å². The molecule has 0 aromatic heterocycles. The molecule has 2 fully saturated rings. The molecule has 1 aliphatic carbocycles. The van der Waals surface area contributed by atoms with Gasteiger partial charge in [-0.25, -0.2) is 8.78 Å². The number of likely N-dealkylation sites (tertiary alicyclic amines) is 1. The number of nitrogens with zero attached hydrogens (tertiary/aromatic N) is 1. The van der Waals surface area contributed by atoms with Crippen LogP contribution in [0.4, 0.5) is 8.78 Å². The Morgan fingerprint density at radius 2 is 2.00 bits per heavy atom. The standard InChI is InChI=1S/C10H17F2N/c1-7(2)13-5-9-3-8(9)4-10(11,12)6-13/h7-9H,3-6H2,1-2H3. The van der Waals surface area contributed by atoms with Gasteiger partial charge < -0.3 is 0 Å². The lowest BCUT2D eigenvalue weighted by molar-refractivity contribution is -0.0415. The van der Waals surface area contributed by atoms with Gasteiger partial charge in [0.05, 0.1) is 6.54 Å². The second kappa shape index (κ2) is 2.91. The van der Waals surface area contributed by atoms with Crippen molar-refractivity contribution < 1.29 is 8.78 Å². The molecule has 1 aliphatic heterocycles. The molecule has 2 aliphatic rings. The molecule has 0 amide bonds. The molecule has 2 rings (SSSR count). The third kappa shape index (κ3) is 2.01. The van der Waals surface area contributed by atoms with Gasteiger partial charge in [0.1, 0.15) is 0 Å². The summed E-state index contributed by atoms with van der Waals surface area (Å²) < 4.78 is 26.6. The average molecular weight is 189 g/mol. The van der Waals surface area contributed by atoms with E-state index in [2.05, 4.69) is 0 Å². The van der Waals surface area contributed by atoms with Crippen molar-refractivity contribution in [2.24, 2.45) is 11.8 Å². The zero-order chi connectivity index (χ0) is 9.64. The molecule has 0 aromatic carbocycles. The van der Waals surface area contributed by atoms with Gasteiger partial charge in [-0.2, -0.15) is 0 Å². The third-order valence-corrected chi connectivity index (χ3v) is 3.26. The van der Waals surface area contributed by atoms with Crippen LogP contribution in [0.2, 0.25) is 0 Å². The first-order chi connectivity index (χ1) is 5.98. The molecule has 1 nitrogen and oxygen atoms in total. The fraction of sp³-hybridized carbons (Fsp3) is 1.00. The lowest BCUT2D eigenvalue weighted by atomic mass is 10.1. The molecule has 0 N–H and O–H groups in total. The van der Waals surface area contributed by atoms with Crippen molar-refractivity contribution >= 4 is 0 Å². The van der Waals surface area contributed by atoms with Crippen LogP contribution in [0.1, 0.15) is 26.7 Å². The van der Waals surface area contributed by atoms with Gasteiger partial charge in [-0.3, -0.25) is 4.90 Å². The number of alkyl halides is 2. The molecular formula is C10H17F2N. The maximum absolute atomic E-state index is 13.3. The van der Waals surface area contributed by atoms with E-state index >= 15 is 0 Å². The van der Waals surface area contributed by atoms with Crippen LogP contribution in [0.3, 0.4) is 0 Å². The van der Waals surface area contributed by atoms with Crippen molar-refractivity contribution in [2.45, 2.75) is 38.7 Å². The molecule has 13 heavy (non-hydrogen) atoms. The van der Waals surface area contributed by atoms with Crippen LogP contribution in [-0.2, 0) is 0 Å². The maximum atomic E-state index is 13.3. The van der Waals surface area contributed by atoms with Crippen LogP contribution >= 0.6 is 0 Å². The Morgan fingerprint density at radius 3 is 2.62 bits per heavy atom. The van der Waals surface area contributed by atoms with Gasteiger partial charge in [0.25, 0.3) is 5.92 Å². The normalized spacial score (nSPS) is 38.5. The highest BCUT2D eigenvalue weighted by atomic mass is 19.3. The summed E-state index contributed by atoms with van der Waals surface area (Å²) >= 11 is 0. The summed E-state index contributed by atoms with van der Waals surface area (Å²) in [6.45, 7) is 4.85. The highest BCUT2D eigenvalue weighted by Gasteiger charge is 2.49. The molecule has 0 radical (unpaired) electrons. The summed E-state index contributed by atoms with van der Waals surface area (Å²) in [5.74, 6) is -1.56. The van der Waals surface area contributed by atoms with Crippen molar-refractivity contribution in [2.75, 3.05) is 13.1 Å². The lowest BCUT2D eigenvalue weighted by Crippen LogP contribution is -2.40. The van der Waals surface area contributed by atoms with Gasteiger partial charge in [-0.1, -0.05) is 0 Å². The molecular weight excluding hydrogens is 172 g/mol. The smallest absolute Gasteiger partial charge is 0.260 e. The van der Waals surface area contributed by atoms with Crippen molar-refractivity contribution in [1.29, 1.82) is 0 Å². The summed E-state index contributed by atoms with van der Waals surface area (Å²) in [6.07, 6.45) is 1.15. The highest BCUT2D eigenvalue weighted by molar-refractivity contribution is 4.96. The van der Waals surface area contributed by atoms with E-state index in [1.165, 1.54) is 0 Å². The van der Waals surface area contributed by atoms with E-state index in [1.54, 1.807) is 0 Å². The molecule has 1 saturated heterocycles. The highest BCUT2D eigenvalue weighted by Crippen LogP contribution is 2.48. The molecule has 3 heteroatoms. The summed E-state index contributed by atoms with van der Waals surface area (Å²) in [7, 11) is 0. The SMILES string of the molecule is CC(C)N1CC2CC2CC(F)(F)C1. The van der Waals surface area contributed by atoms with E-state index in [0.717, 1.165) is 13.0 Å².